The van der Waals surface area contributed by atoms with Crippen LogP contribution in [0, 0.1) is 0 Å². The van der Waals surface area contributed by atoms with E-state index in [9.17, 15) is 4.79 Å². The Bertz CT molecular complexity index is 687. The lowest BCUT2D eigenvalue weighted by Crippen LogP contribution is -2.26. The second kappa shape index (κ2) is 7.46. The highest BCUT2D eigenvalue weighted by molar-refractivity contribution is 9.10. The number of carbonyl (C=O) groups is 1. The lowest BCUT2D eigenvalue weighted by Gasteiger charge is -2.19. The second-order valence-corrected chi connectivity index (χ2v) is 6.33. The molecule has 23 heavy (non-hydrogen) atoms. The van der Waals surface area contributed by atoms with Gasteiger partial charge in [0.15, 0.2) is 0 Å². The molecule has 0 aliphatic heterocycles. The van der Waals surface area contributed by atoms with Gasteiger partial charge in [-0.3, -0.25) is 4.79 Å². The molecule has 5 nitrogen and oxygen atoms in total. The van der Waals surface area contributed by atoms with Crippen LogP contribution in [0.25, 0.3) is 0 Å². The summed E-state index contributed by atoms with van der Waals surface area (Å²) in [5, 5.41) is 0. The minimum Gasteiger partial charge on any atom is -0.496 e. The van der Waals surface area contributed by atoms with Crippen molar-refractivity contribution in [3.63, 3.8) is 0 Å². The van der Waals surface area contributed by atoms with E-state index in [2.05, 4.69) is 20.9 Å². The highest BCUT2D eigenvalue weighted by Gasteiger charge is 2.15. The number of carbonyl (C=O) groups excluding carboxylic acids is 1. The first kappa shape index (κ1) is 17.3. The number of hydrogen-bond acceptors (Lipinski definition) is 4. The van der Waals surface area contributed by atoms with Crippen LogP contribution in [0.2, 0.25) is 0 Å². The van der Waals surface area contributed by atoms with Gasteiger partial charge >= 0.3 is 0 Å². The summed E-state index contributed by atoms with van der Waals surface area (Å²) < 4.78 is 6.30. The molecule has 122 valence electrons. The quantitative estimate of drug-likeness (QED) is 0.802. The van der Waals surface area contributed by atoms with E-state index in [-0.39, 0.29) is 5.91 Å². The Balaban J connectivity index is 2.15. The minimum atomic E-state index is -0.0789. The Hall–Kier alpha value is -2.08. The number of benzene rings is 1. The summed E-state index contributed by atoms with van der Waals surface area (Å²) in [6.45, 7) is 0.455. The third-order valence-corrected chi connectivity index (χ3v) is 3.94. The van der Waals surface area contributed by atoms with Crippen molar-refractivity contribution in [3.05, 3.63) is 52.1 Å². The van der Waals surface area contributed by atoms with E-state index in [1.807, 2.05) is 43.3 Å². The molecule has 2 aromatic rings. The molecule has 0 fully saturated rings. The molecule has 0 saturated carbocycles. The van der Waals surface area contributed by atoms with E-state index in [4.69, 9.17) is 4.74 Å². The largest absolute Gasteiger partial charge is 0.496 e. The van der Waals surface area contributed by atoms with Crippen LogP contribution in [0.3, 0.4) is 0 Å². The van der Waals surface area contributed by atoms with E-state index in [1.165, 1.54) is 0 Å². The molecule has 0 aliphatic rings. The summed E-state index contributed by atoms with van der Waals surface area (Å²) in [7, 11) is 7.21. The van der Waals surface area contributed by atoms with Crippen LogP contribution in [0.5, 0.6) is 5.75 Å². The van der Waals surface area contributed by atoms with Crippen molar-refractivity contribution >= 4 is 27.7 Å². The average Bonchev–Trinajstić information content (AvgIpc) is 2.54. The second-order valence-electron chi connectivity index (χ2n) is 5.42. The van der Waals surface area contributed by atoms with Crippen molar-refractivity contribution < 1.29 is 9.53 Å². The number of anilines is 1. The molecule has 0 N–H and O–H groups in total. The average molecular weight is 378 g/mol. The van der Waals surface area contributed by atoms with E-state index in [1.54, 1.807) is 31.3 Å². The first-order valence-corrected chi connectivity index (χ1v) is 7.93. The van der Waals surface area contributed by atoms with Crippen molar-refractivity contribution in [1.82, 2.24) is 9.88 Å². The van der Waals surface area contributed by atoms with Gasteiger partial charge in [-0.25, -0.2) is 4.98 Å². The monoisotopic (exact) mass is 377 g/mol. The zero-order chi connectivity index (χ0) is 17.0. The molecule has 0 atom stereocenters. The lowest BCUT2D eigenvalue weighted by atomic mass is 10.1. The molecule has 0 saturated heterocycles. The first-order valence-electron chi connectivity index (χ1n) is 7.13. The molecule has 0 spiro atoms. The van der Waals surface area contributed by atoms with Crippen molar-refractivity contribution in [2.75, 3.05) is 33.2 Å². The summed E-state index contributed by atoms with van der Waals surface area (Å²) >= 11 is 3.45. The molecule has 0 unspecified atom stereocenters. The molecule has 6 heteroatoms. The van der Waals surface area contributed by atoms with E-state index >= 15 is 0 Å². The Morgan fingerprint density at radius 1 is 1.22 bits per heavy atom. The standard InChI is InChI=1S/C17H20BrN3O2/c1-20(2)16-8-5-12(10-19-16)17(22)21(3)11-13-9-14(18)6-7-15(13)23-4/h5-10H,11H2,1-4H3. The van der Waals surface area contributed by atoms with Gasteiger partial charge in [-0.2, -0.15) is 0 Å². The number of pyridine rings is 1. The Morgan fingerprint density at radius 2 is 1.96 bits per heavy atom. The normalized spacial score (nSPS) is 10.3. The highest BCUT2D eigenvalue weighted by atomic mass is 79.9. The van der Waals surface area contributed by atoms with Gasteiger partial charge in [-0.15, -0.1) is 0 Å². The van der Waals surface area contributed by atoms with Gasteiger partial charge in [0.2, 0.25) is 0 Å². The number of rotatable bonds is 5. The summed E-state index contributed by atoms with van der Waals surface area (Å²) in [5.74, 6) is 1.50. The fourth-order valence-corrected chi connectivity index (χ4v) is 2.60. The van der Waals surface area contributed by atoms with Crippen LogP contribution in [-0.2, 0) is 6.54 Å². The summed E-state index contributed by atoms with van der Waals surface area (Å²) in [5.41, 5.74) is 1.50. The number of amides is 1. The van der Waals surface area contributed by atoms with Crippen molar-refractivity contribution in [2.45, 2.75) is 6.54 Å². The lowest BCUT2D eigenvalue weighted by molar-refractivity contribution is 0.0784. The molecule has 0 aliphatic carbocycles. The minimum absolute atomic E-state index is 0.0789. The van der Waals surface area contributed by atoms with E-state index in [0.717, 1.165) is 21.6 Å². The third kappa shape index (κ3) is 4.22. The maximum Gasteiger partial charge on any atom is 0.255 e. The highest BCUT2D eigenvalue weighted by Crippen LogP contribution is 2.24. The van der Waals surface area contributed by atoms with Gasteiger partial charge in [0, 0.05) is 43.9 Å². The summed E-state index contributed by atoms with van der Waals surface area (Å²) in [4.78, 5) is 20.4. The van der Waals surface area contributed by atoms with Gasteiger partial charge in [-0.1, -0.05) is 15.9 Å². The smallest absolute Gasteiger partial charge is 0.255 e. The fourth-order valence-electron chi connectivity index (χ4n) is 2.20. The number of ether oxygens (including phenoxy) is 1. The van der Waals surface area contributed by atoms with Crippen molar-refractivity contribution in [2.24, 2.45) is 0 Å². The number of aromatic nitrogens is 1. The summed E-state index contributed by atoms with van der Waals surface area (Å²) in [6, 6.07) is 9.37. The molecule has 1 aromatic heterocycles. The van der Waals surface area contributed by atoms with Gasteiger partial charge in [-0.05, 0) is 30.3 Å². The first-order chi connectivity index (χ1) is 10.9. The fraction of sp³-hybridized carbons (Fsp3) is 0.294. The number of hydrogen-bond donors (Lipinski definition) is 0. The molecule has 0 bridgehead atoms. The zero-order valence-corrected chi connectivity index (χ0v) is 15.3. The number of methoxy groups -OCH3 is 1. The Morgan fingerprint density at radius 3 is 2.52 bits per heavy atom. The van der Waals surface area contributed by atoms with E-state index < -0.39 is 0 Å². The zero-order valence-electron chi connectivity index (χ0n) is 13.7. The molecular weight excluding hydrogens is 358 g/mol. The molecule has 1 amide bonds. The molecule has 0 radical (unpaired) electrons. The van der Waals surface area contributed by atoms with Gasteiger partial charge in [0.25, 0.3) is 5.91 Å². The van der Waals surface area contributed by atoms with Crippen LogP contribution in [0.1, 0.15) is 15.9 Å². The van der Waals surface area contributed by atoms with Gasteiger partial charge in [0.1, 0.15) is 11.6 Å². The molecule has 1 aromatic carbocycles. The molecule has 1 heterocycles. The predicted octanol–water partition coefficient (Wildman–Crippen LogP) is 3.19. The van der Waals surface area contributed by atoms with E-state index in [0.29, 0.717) is 12.1 Å². The Labute approximate surface area is 145 Å². The van der Waals surface area contributed by atoms with Crippen LogP contribution in [0.15, 0.2) is 41.0 Å². The van der Waals surface area contributed by atoms with Crippen LogP contribution in [-0.4, -0.2) is 44.0 Å². The number of halogens is 1. The topological polar surface area (TPSA) is 45.7 Å². The van der Waals surface area contributed by atoms with Crippen molar-refractivity contribution in [1.29, 1.82) is 0 Å². The van der Waals surface area contributed by atoms with Crippen LogP contribution < -0.4 is 9.64 Å². The van der Waals surface area contributed by atoms with Crippen molar-refractivity contribution in [3.8, 4) is 5.75 Å². The maximum absolute atomic E-state index is 12.5. The number of nitrogens with zero attached hydrogens (tertiary/aromatic N) is 3. The predicted molar refractivity (Wildman–Crippen MR) is 95.1 cm³/mol. The van der Waals surface area contributed by atoms with Gasteiger partial charge in [0.05, 0.1) is 12.7 Å². The van der Waals surface area contributed by atoms with Crippen LogP contribution >= 0.6 is 15.9 Å². The maximum atomic E-state index is 12.5. The summed E-state index contributed by atoms with van der Waals surface area (Å²) in [6.07, 6.45) is 1.60. The SMILES string of the molecule is COc1ccc(Br)cc1CN(C)C(=O)c1ccc(N(C)C)nc1. The molecule has 2 rings (SSSR count). The van der Waals surface area contributed by atoms with Crippen LogP contribution in [0.4, 0.5) is 5.82 Å². The van der Waals surface area contributed by atoms with Gasteiger partial charge < -0.3 is 14.5 Å². The molecular formula is C17H20BrN3O2. The Kier molecular flexibility index (Phi) is 5.60. The third-order valence-electron chi connectivity index (χ3n) is 3.45.